The molecular formula is C27H29NO2S. The highest BCUT2D eigenvalue weighted by atomic mass is 32.2. The van der Waals surface area contributed by atoms with Crippen molar-refractivity contribution in [3.63, 3.8) is 0 Å². The van der Waals surface area contributed by atoms with Gasteiger partial charge in [0.25, 0.3) is 0 Å². The lowest BCUT2D eigenvalue weighted by atomic mass is 9.84. The Kier molecular flexibility index (Phi) is 7.10. The molecule has 3 nitrogen and oxygen atoms in total. The van der Waals surface area contributed by atoms with Crippen molar-refractivity contribution in [2.45, 2.75) is 17.6 Å². The molecule has 31 heavy (non-hydrogen) atoms. The molecule has 1 aliphatic heterocycles. The third kappa shape index (κ3) is 4.86. The average molecular weight is 432 g/mol. The number of hydrogen-bond donors (Lipinski definition) is 1. The fourth-order valence-electron chi connectivity index (χ4n) is 4.56. The molecule has 1 N–H and O–H groups in total. The van der Waals surface area contributed by atoms with Crippen molar-refractivity contribution in [2.75, 3.05) is 25.4 Å². The van der Waals surface area contributed by atoms with Crippen LogP contribution in [0.1, 0.15) is 29.5 Å². The first-order valence-electron chi connectivity index (χ1n) is 11.0. The second kappa shape index (κ2) is 10.2. The largest absolute Gasteiger partial charge is 0.481 e. The Hall–Kier alpha value is -2.56. The van der Waals surface area contributed by atoms with Crippen LogP contribution in [0, 0.1) is 5.92 Å². The molecule has 4 heteroatoms. The minimum Gasteiger partial charge on any atom is -0.481 e. The maximum atomic E-state index is 11.5. The number of aliphatic carboxylic acids is 1. The summed E-state index contributed by atoms with van der Waals surface area (Å²) in [6.07, 6.45) is 1.75. The minimum atomic E-state index is -0.662. The van der Waals surface area contributed by atoms with Gasteiger partial charge in [-0.2, -0.15) is 0 Å². The molecule has 0 bridgehead atoms. The number of benzene rings is 3. The monoisotopic (exact) mass is 431 g/mol. The van der Waals surface area contributed by atoms with E-state index in [2.05, 4.69) is 95.9 Å². The zero-order valence-electron chi connectivity index (χ0n) is 17.7. The zero-order chi connectivity index (χ0) is 21.5. The molecule has 1 aliphatic rings. The molecular weight excluding hydrogens is 402 g/mol. The fourth-order valence-corrected chi connectivity index (χ4v) is 6.12. The van der Waals surface area contributed by atoms with Crippen LogP contribution in [0.15, 0.2) is 91.0 Å². The number of thioether (sulfide) groups is 1. The molecule has 0 aromatic heterocycles. The summed E-state index contributed by atoms with van der Waals surface area (Å²) < 4.78 is -0.314. The Balaban J connectivity index is 1.65. The van der Waals surface area contributed by atoms with E-state index in [0.29, 0.717) is 6.54 Å². The van der Waals surface area contributed by atoms with Gasteiger partial charge in [-0.25, -0.2) is 0 Å². The van der Waals surface area contributed by atoms with Crippen LogP contribution in [-0.4, -0.2) is 41.4 Å². The van der Waals surface area contributed by atoms with E-state index in [1.807, 2.05) is 11.8 Å². The number of piperidine rings is 1. The third-order valence-electron chi connectivity index (χ3n) is 6.12. The Bertz CT molecular complexity index is 866. The molecule has 0 radical (unpaired) electrons. The lowest BCUT2D eigenvalue weighted by molar-refractivity contribution is -0.143. The first kappa shape index (κ1) is 21.7. The molecule has 3 aromatic carbocycles. The van der Waals surface area contributed by atoms with Gasteiger partial charge < -0.3 is 10.0 Å². The Morgan fingerprint density at radius 2 is 1.35 bits per heavy atom. The molecule has 0 unspecified atom stereocenters. The van der Waals surface area contributed by atoms with Crippen molar-refractivity contribution < 1.29 is 9.90 Å². The van der Waals surface area contributed by atoms with Crippen molar-refractivity contribution in [1.29, 1.82) is 0 Å². The van der Waals surface area contributed by atoms with Gasteiger partial charge in [0.1, 0.15) is 0 Å². The standard InChI is InChI=1S/C27H29NO2S/c29-26(30)22-11-10-18-28(21-22)19-20-31-27(23-12-4-1-5-13-23,24-14-6-2-7-15-24)25-16-8-3-9-17-25/h1-9,12-17,22H,10-11,18-21H2,(H,29,30)/t22-/m1/s1. The van der Waals surface area contributed by atoms with Crippen LogP contribution in [-0.2, 0) is 9.54 Å². The van der Waals surface area contributed by atoms with Gasteiger partial charge in [0.05, 0.1) is 10.7 Å². The molecule has 3 aromatic rings. The van der Waals surface area contributed by atoms with E-state index in [1.165, 1.54) is 16.7 Å². The van der Waals surface area contributed by atoms with Crippen LogP contribution in [0.3, 0.4) is 0 Å². The van der Waals surface area contributed by atoms with Crippen molar-refractivity contribution >= 4 is 17.7 Å². The summed E-state index contributed by atoms with van der Waals surface area (Å²) in [5, 5.41) is 9.42. The molecule has 1 fully saturated rings. The summed E-state index contributed by atoms with van der Waals surface area (Å²) in [5.41, 5.74) is 3.79. The number of carboxylic acid groups (broad SMARTS) is 1. The highest BCUT2D eigenvalue weighted by molar-refractivity contribution is 8.00. The minimum absolute atomic E-state index is 0.235. The van der Waals surface area contributed by atoms with Crippen LogP contribution in [0.2, 0.25) is 0 Å². The second-order valence-electron chi connectivity index (χ2n) is 8.11. The molecule has 1 heterocycles. The normalized spacial score (nSPS) is 17.4. The predicted octanol–water partition coefficient (Wildman–Crippen LogP) is 5.51. The first-order valence-corrected chi connectivity index (χ1v) is 11.9. The predicted molar refractivity (Wildman–Crippen MR) is 128 cm³/mol. The Labute approximate surface area is 189 Å². The van der Waals surface area contributed by atoms with Crippen LogP contribution in [0.4, 0.5) is 0 Å². The third-order valence-corrected chi connectivity index (χ3v) is 7.65. The average Bonchev–Trinajstić information content (AvgIpc) is 2.84. The van der Waals surface area contributed by atoms with E-state index in [9.17, 15) is 9.90 Å². The Morgan fingerprint density at radius 1 is 0.871 bits per heavy atom. The van der Waals surface area contributed by atoms with Crippen molar-refractivity contribution in [2.24, 2.45) is 5.92 Å². The van der Waals surface area contributed by atoms with Crippen molar-refractivity contribution in [3.05, 3.63) is 108 Å². The molecule has 160 valence electrons. The molecule has 0 amide bonds. The summed E-state index contributed by atoms with van der Waals surface area (Å²) in [6.45, 7) is 2.53. The van der Waals surface area contributed by atoms with Crippen LogP contribution in [0.25, 0.3) is 0 Å². The van der Waals surface area contributed by atoms with E-state index in [-0.39, 0.29) is 10.7 Å². The number of hydrogen-bond acceptors (Lipinski definition) is 3. The topological polar surface area (TPSA) is 40.5 Å². The van der Waals surface area contributed by atoms with E-state index in [0.717, 1.165) is 31.7 Å². The van der Waals surface area contributed by atoms with E-state index in [1.54, 1.807) is 0 Å². The Morgan fingerprint density at radius 3 is 1.81 bits per heavy atom. The summed E-state index contributed by atoms with van der Waals surface area (Å²) in [6, 6.07) is 32.2. The molecule has 1 atom stereocenters. The lowest BCUT2D eigenvalue weighted by Gasteiger charge is -2.37. The van der Waals surface area contributed by atoms with Crippen LogP contribution >= 0.6 is 11.8 Å². The van der Waals surface area contributed by atoms with Crippen LogP contribution < -0.4 is 0 Å². The smallest absolute Gasteiger partial charge is 0.307 e. The summed E-state index contributed by atoms with van der Waals surface area (Å²) >= 11 is 1.94. The maximum absolute atomic E-state index is 11.5. The van der Waals surface area contributed by atoms with Gasteiger partial charge in [-0.15, -0.1) is 11.8 Å². The van der Waals surface area contributed by atoms with Gasteiger partial charge in [0.2, 0.25) is 0 Å². The number of carboxylic acids is 1. The molecule has 1 saturated heterocycles. The van der Waals surface area contributed by atoms with Gasteiger partial charge in [0, 0.05) is 18.8 Å². The second-order valence-corrected chi connectivity index (χ2v) is 9.42. The van der Waals surface area contributed by atoms with Gasteiger partial charge in [-0.1, -0.05) is 91.0 Å². The summed E-state index contributed by atoms with van der Waals surface area (Å²) in [7, 11) is 0. The number of likely N-dealkylation sites (tertiary alicyclic amines) is 1. The first-order chi connectivity index (χ1) is 15.2. The highest BCUT2D eigenvalue weighted by Gasteiger charge is 2.37. The van der Waals surface area contributed by atoms with Crippen molar-refractivity contribution in [1.82, 2.24) is 4.90 Å². The van der Waals surface area contributed by atoms with Crippen LogP contribution in [0.5, 0.6) is 0 Å². The van der Waals surface area contributed by atoms with E-state index in [4.69, 9.17) is 0 Å². The van der Waals surface area contributed by atoms with Crippen molar-refractivity contribution in [3.8, 4) is 0 Å². The maximum Gasteiger partial charge on any atom is 0.307 e. The number of rotatable bonds is 8. The van der Waals surface area contributed by atoms with Gasteiger partial charge in [-0.3, -0.25) is 4.79 Å². The summed E-state index contributed by atoms with van der Waals surface area (Å²) in [4.78, 5) is 13.8. The van der Waals surface area contributed by atoms with Gasteiger partial charge in [-0.05, 0) is 36.1 Å². The van der Waals surface area contributed by atoms with Gasteiger partial charge in [0.15, 0.2) is 0 Å². The molecule has 4 rings (SSSR count). The SMILES string of the molecule is O=C(O)[C@@H]1CCCN(CCSC(c2ccccc2)(c2ccccc2)c2ccccc2)C1. The van der Waals surface area contributed by atoms with Gasteiger partial charge >= 0.3 is 5.97 Å². The molecule has 0 aliphatic carbocycles. The molecule has 0 saturated carbocycles. The van der Waals surface area contributed by atoms with E-state index >= 15 is 0 Å². The molecule has 0 spiro atoms. The fraction of sp³-hybridized carbons (Fsp3) is 0.296. The lowest BCUT2D eigenvalue weighted by Crippen LogP contribution is -2.40. The number of nitrogens with zero attached hydrogens (tertiary/aromatic N) is 1. The quantitative estimate of drug-likeness (QED) is 0.478. The number of carbonyl (C=O) groups is 1. The summed E-state index contributed by atoms with van der Waals surface area (Å²) in [5.74, 6) is 0.0239. The zero-order valence-corrected chi connectivity index (χ0v) is 18.5. The highest BCUT2D eigenvalue weighted by Crippen LogP contribution is 2.48. The van der Waals surface area contributed by atoms with E-state index < -0.39 is 5.97 Å².